The molecule has 0 saturated carbocycles. The third-order valence-electron chi connectivity index (χ3n) is 1.50. The summed E-state index contributed by atoms with van der Waals surface area (Å²) in [5.41, 5.74) is 0. The van der Waals surface area contributed by atoms with Crippen molar-refractivity contribution in [2.24, 2.45) is 0 Å². The summed E-state index contributed by atoms with van der Waals surface area (Å²) in [5.74, 6) is 2.16. The van der Waals surface area contributed by atoms with E-state index in [2.05, 4.69) is 39.3 Å². The van der Waals surface area contributed by atoms with Gasteiger partial charge in [-0.05, 0) is 49.1 Å². The Labute approximate surface area is 120 Å². The third-order valence-corrected chi connectivity index (χ3v) is 7.81. The second-order valence-electron chi connectivity index (χ2n) is 5.63. The standard InChI is InChI=1S/C10H26O2S3Si2/c1-16(2,3)11-7-9-13-15-14-10-8-12-17(4,5)6/h7-10H2,1-6H3. The molecule has 7 heteroatoms. The molecule has 17 heavy (non-hydrogen) atoms. The highest BCUT2D eigenvalue weighted by molar-refractivity contribution is 9.09. The highest BCUT2D eigenvalue weighted by Crippen LogP contribution is 2.34. The van der Waals surface area contributed by atoms with Crippen LogP contribution in [0.15, 0.2) is 0 Å². The van der Waals surface area contributed by atoms with Crippen molar-refractivity contribution in [1.82, 2.24) is 0 Å². The van der Waals surface area contributed by atoms with Crippen molar-refractivity contribution < 1.29 is 8.85 Å². The normalized spacial score (nSPS) is 13.1. The molecule has 0 atom stereocenters. The van der Waals surface area contributed by atoms with Gasteiger partial charge < -0.3 is 8.85 Å². The minimum absolute atomic E-state index is 0.888. The van der Waals surface area contributed by atoms with Gasteiger partial charge in [0, 0.05) is 24.7 Å². The smallest absolute Gasteiger partial charge is 0.183 e. The molecule has 0 fully saturated rings. The molecule has 0 aliphatic heterocycles. The fourth-order valence-electron chi connectivity index (χ4n) is 0.866. The van der Waals surface area contributed by atoms with Gasteiger partial charge in [-0.2, -0.15) is 0 Å². The molecule has 0 radical (unpaired) electrons. The lowest BCUT2D eigenvalue weighted by Gasteiger charge is -2.17. The highest BCUT2D eigenvalue weighted by atomic mass is 33.5. The van der Waals surface area contributed by atoms with Crippen LogP contribution in [0.1, 0.15) is 0 Å². The van der Waals surface area contributed by atoms with Crippen LogP contribution in [-0.2, 0) is 8.85 Å². The summed E-state index contributed by atoms with van der Waals surface area (Å²) in [4.78, 5) is 0. The Balaban J connectivity index is 3.15. The van der Waals surface area contributed by atoms with Gasteiger partial charge in [-0.25, -0.2) is 0 Å². The van der Waals surface area contributed by atoms with E-state index < -0.39 is 16.6 Å². The first-order valence-corrected chi connectivity index (χ1v) is 16.5. The summed E-state index contributed by atoms with van der Waals surface area (Å²) in [6.07, 6.45) is 0. The Morgan fingerprint density at radius 2 is 1.06 bits per heavy atom. The van der Waals surface area contributed by atoms with Gasteiger partial charge in [0.2, 0.25) is 0 Å². The average molecular weight is 331 g/mol. The summed E-state index contributed by atoms with van der Waals surface area (Å²) < 4.78 is 11.6. The first kappa shape index (κ1) is 18.4. The maximum absolute atomic E-state index is 5.78. The monoisotopic (exact) mass is 330 g/mol. The van der Waals surface area contributed by atoms with Gasteiger partial charge in [-0.3, -0.25) is 0 Å². The topological polar surface area (TPSA) is 18.5 Å². The molecular weight excluding hydrogens is 304 g/mol. The van der Waals surface area contributed by atoms with Gasteiger partial charge >= 0.3 is 0 Å². The van der Waals surface area contributed by atoms with E-state index in [9.17, 15) is 0 Å². The minimum Gasteiger partial charge on any atom is -0.417 e. The Bertz CT molecular complexity index is 173. The van der Waals surface area contributed by atoms with Crippen LogP contribution in [0.4, 0.5) is 0 Å². The van der Waals surface area contributed by atoms with Crippen molar-refractivity contribution in [3.05, 3.63) is 0 Å². The van der Waals surface area contributed by atoms with E-state index in [4.69, 9.17) is 8.85 Å². The highest BCUT2D eigenvalue weighted by Gasteiger charge is 2.14. The first-order valence-electron chi connectivity index (χ1n) is 5.90. The largest absolute Gasteiger partial charge is 0.417 e. The maximum atomic E-state index is 5.78. The summed E-state index contributed by atoms with van der Waals surface area (Å²) >= 11 is 0. The van der Waals surface area contributed by atoms with Crippen LogP contribution in [0.2, 0.25) is 39.3 Å². The third kappa shape index (κ3) is 17.4. The molecule has 0 aromatic heterocycles. The minimum atomic E-state index is -1.30. The Kier molecular flexibility index (Phi) is 10.1. The van der Waals surface area contributed by atoms with Gasteiger partial charge in [0.15, 0.2) is 16.6 Å². The van der Waals surface area contributed by atoms with Crippen molar-refractivity contribution in [1.29, 1.82) is 0 Å². The SMILES string of the molecule is C[Si](C)(C)OCCSSSCCO[Si](C)(C)C. The molecule has 0 bridgehead atoms. The summed E-state index contributed by atoms with van der Waals surface area (Å²) in [7, 11) is 3.02. The van der Waals surface area contributed by atoms with Crippen LogP contribution in [-0.4, -0.2) is 41.4 Å². The molecule has 0 N–H and O–H groups in total. The van der Waals surface area contributed by atoms with Crippen LogP contribution >= 0.6 is 31.4 Å². The van der Waals surface area contributed by atoms with Gasteiger partial charge in [0.1, 0.15) is 0 Å². The Hall–Kier alpha value is 1.40. The van der Waals surface area contributed by atoms with Crippen molar-refractivity contribution in [2.45, 2.75) is 39.3 Å². The molecule has 0 aromatic rings. The molecule has 104 valence electrons. The van der Waals surface area contributed by atoms with Crippen molar-refractivity contribution in [3.63, 3.8) is 0 Å². The maximum Gasteiger partial charge on any atom is 0.183 e. The van der Waals surface area contributed by atoms with Crippen molar-refractivity contribution in [3.8, 4) is 0 Å². The molecule has 0 heterocycles. The van der Waals surface area contributed by atoms with E-state index >= 15 is 0 Å². The van der Waals surface area contributed by atoms with Crippen LogP contribution < -0.4 is 0 Å². The molecule has 0 aliphatic carbocycles. The zero-order valence-electron chi connectivity index (χ0n) is 11.9. The van der Waals surface area contributed by atoms with E-state index in [1.54, 1.807) is 0 Å². The lowest BCUT2D eigenvalue weighted by Crippen LogP contribution is -2.26. The second kappa shape index (κ2) is 9.33. The fraction of sp³-hybridized carbons (Fsp3) is 1.00. The van der Waals surface area contributed by atoms with Crippen LogP contribution in [0, 0.1) is 0 Å². The van der Waals surface area contributed by atoms with Crippen LogP contribution in [0.5, 0.6) is 0 Å². The molecule has 0 amide bonds. The first-order chi connectivity index (χ1) is 7.71. The lowest BCUT2D eigenvalue weighted by molar-refractivity contribution is 0.338. The van der Waals surface area contributed by atoms with Crippen LogP contribution in [0.3, 0.4) is 0 Å². The lowest BCUT2D eigenvalue weighted by atomic mass is 10.9. The molecule has 2 nitrogen and oxygen atoms in total. The molecular formula is C10H26O2S3Si2. The summed E-state index contributed by atoms with van der Waals surface area (Å²) in [5, 5.41) is 0. The predicted octanol–water partition coefficient (Wildman–Crippen LogP) is 4.72. The number of rotatable bonds is 10. The number of hydrogen-bond acceptors (Lipinski definition) is 5. The van der Waals surface area contributed by atoms with E-state index in [1.165, 1.54) is 0 Å². The molecule has 0 aliphatic rings. The molecule has 0 rings (SSSR count). The van der Waals surface area contributed by atoms with Gasteiger partial charge in [-0.15, -0.1) is 0 Å². The second-order valence-corrected chi connectivity index (χ2v) is 19.1. The zero-order valence-corrected chi connectivity index (χ0v) is 16.3. The van der Waals surface area contributed by atoms with E-state index in [-0.39, 0.29) is 0 Å². The quantitative estimate of drug-likeness (QED) is 0.327. The molecule has 0 spiro atoms. The van der Waals surface area contributed by atoms with Crippen LogP contribution in [0.25, 0.3) is 0 Å². The van der Waals surface area contributed by atoms with Gasteiger partial charge in [0.05, 0.1) is 0 Å². The molecule has 0 unspecified atom stereocenters. The number of hydrogen-bond donors (Lipinski definition) is 0. The Morgan fingerprint density at radius 3 is 1.35 bits per heavy atom. The summed E-state index contributed by atoms with van der Waals surface area (Å²) in [6, 6.07) is 0. The molecule has 0 saturated heterocycles. The summed E-state index contributed by atoms with van der Waals surface area (Å²) in [6.45, 7) is 15.2. The van der Waals surface area contributed by atoms with Gasteiger partial charge in [0.25, 0.3) is 0 Å². The van der Waals surface area contributed by atoms with E-state index in [0.29, 0.717) is 0 Å². The zero-order chi connectivity index (χ0) is 13.4. The molecule has 0 aromatic carbocycles. The van der Waals surface area contributed by atoms with E-state index in [1.807, 2.05) is 31.4 Å². The van der Waals surface area contributed by atoms with Gasteiger partial charge in [-0.1, -0.05) is 21.6 Å². The Morgan fingerprint density at radius 1 is 0.706 bits per heavy atom. The van der Waals surface area contributed by atoms with E-state index in [0.717, 1.165) is 24.7 Å². The predicted molar refractivity (Wildman–Crippen MR) is 91.1 cm³/mol. The van der Waals surface area contributed by atoms with Crippen molar-refractivity contribution in [2.75, 3.05) is 24.7 Å². The average Bonchev–Trinajstić information content (AvgIpc) is 2.11. The van der Waals surface area contributed by atoms with Crippen molar-refractivity contribution >= 4 is 48.0 Å². The fourth-order valence-corrected chi connectivity index (χ4v) is 5.96.